The molecule has 2 aromatic rings. The molecule has 7 heteroatoms. The third-order valence-corrected chi connectivity index (χ3v) is 6.30. The number of ether oxygens (including phenoxy) is 1. The highest BCUT2D eigenvalue weighted by Crippen LogP contribution is 2.42. The SMILES string of the molecule is Cc1ccccc1NC(=O)COC(=O)c1ccc(N2C(=O)[C@@H]3CC[C@@H](C)C[C@H]3C2=O)cc1. The summed E-state index contributed by atoms with van der Waals surface area (Å²) in [5, 5.41) is 2.70. The molecular weight excluding hydrogens is 408 g/mol. The van der Waals surface area contributed by atoms with Gasteiger partial charge in [0.1, 0.15) is 0 Å². The lowest BCUT2D eigenvalue weighted by Crippen LogP contribution is -2.30. The van der Waals surface area contributed by atoms with Gasteiger partial charge in [-0.25, -0.2) is 4.79 Å². The quantitative estimate of drug-likeness (QED) is 0.572. The highest BCUT2D eigenvalue weighted by molar-refractivity contribution is 6.22. The van der Waals surface area contributed by atoms with Gasteiger partial charge in [-0.3, -0.25) is 19.3 Å². The fourth-order valence-electron chi connectivity index (χ4n) is 4.50. The summed E-state index contributed by atoms with van der Waals surface area (Å²) in [6, 6.07) is 13.5. The summed E-state index contributed by atoms with van der Waals surface area (Å²) in [5.41, 5.74) is 2.26. The van der Waals surface area contributed by atoms with Crippen LogP contribution in [-0.2, 0) is 19.1 Å². The van der Waals surface area contributed by atoms with E-state index in [9.17, 15) is 19.2 Å². The van der Waals surface area contributed by atoms with E-state index in [0.717, 1.165) is 24.8 Å². The summed E-state index contributed by atoms with van der Waals surface area (Å²) in [5.74, 6) is -1.46. The number of amides is 3. The number of fused-ring (bicyclic) bond motifs is 1. The van der Waals surface area contributed by atoms with Crippen LogP contribution in [0.25, 0.3) is 0 Å². The Balaban J connectivity index is 1.37. The van der Waals surface area contributed by atoms with Gasteiger partial charge in [-0.1, -0.05) is 25.1 Å². The molecule has 3 atom stereocenters. The fourth-order valence-corrected chi connectivity index (χ4v) is 4.50. The number of hydrogen-bond acceptors (Lipinski definition) is 5. The number of aryl methyl sites for hydroxylation is 1. The summed E-state index contributed by atoms with van der Waals surface area (Å²) in [6.07, 6.45) is 2.43. The van der Waals surface area contributed by atoms with Crippen molar-refractivity contribution >= 4 is 35.1 Å². The van der Waals surface area contributed by atoms with Crippen LogP contribution in [0.2, 0.25) is 0 Å². The minimum atomic E-state index is -0.655. The molecule has 1 saturated heterocycles. The average molecular weight is 434 g/mol. The van der Waals surface area contributed by atoms with Crippen molar-refractivity contribution < 1.29 is 23.9 Å². The molecule has 0 aromatic heterocycles. The molecule has 0 spiro atoms. The van der Waals surface area contributed by atoms with Crippen molar-refractivity contribution in [1.29, 1.82) is 0 Å². The molecule has 1 heterocycles. The topological polar surface area (TPSA) is 92.8 Å². The van der Waals surface area contributed by atoms with Crippen LogP contribution in [0.3, 0.4) is 0 Å². The van der Waals surface area contributed by atoms with Gasteiger partial charge in [-0.2, -0.15) is 0 Å². The van der Waals surface area contributed by atoms with Gasteiger partial charge < -0.3 is 10.1 Å². The van der Waals surface area contributed by atoms with Crippen molar-refractivity contribution in [3.8, 4) is 0 Å². The number of hydrogen-bond donors (Lipinski definition) is 1. The number of nitrogens with zero attached hydrogens (tertiary/aromatic N) is 1. The lowest BCUT2D eigenvalue weighted by Gasteiger charge is -2.25. The van der Waals surface area contributed by atoms with Gasteiger partial charge in [0.2, 0.25) is 11.8 Å². The lowest BCUT2D eigenvalue weighted by atomic mass is 9.76. The van der Waals surface area contributed by atoms with Crippen LogP contribution in [-0.4, -0.2) is 30.3 Å². The molecule has 1 aliphatic carbocycles. The number of benzene rings is 2. The van der Waals surface area contributed by atoms with E-state index in [1.54, 1.807) is 18.2 Å². The zero-order chi connectivity index (χ0) is 22.8. The molecule has 2 aromatic carbocycles. The molecule has 2 aliphatic rings. The number of rotatable bonds is 5. The molecule has 3 amide bonds. The number of nitrogens with one attached hydrogen (secondary N) is 1. The second-order valence-electron chi connectivity index (χ2n) is 8.63. The van der Waals surface area contributed by atoms with E-state index in [2.05, 4.69) is 12.2 Å². The molecule has 4 rings (SSSR count). The van der Waals surface area contributed by atoms with Crippen molar-refractivity contribution in [2.45, 2.75) is 33.1 Å². The van der Waals surface area contributed by atoms with Crippen LogP contribution < -0.4 is 10.2 Å². The van der Waals surface area contributed by atoms with Crippen LogP contribution >= 0.6 is 0 Å². The van der Waals surface area contributed by atoms with E-state index in [1.807, 2.05) is 25.1 Å². The Bertz CT molecular complexity index is 1060. The largest absolute Gasteiger partial charge is 0.452 e. The summed E-state index contributed by atoms with van der Waals surface area (Å²) in [6.45, 7) is 3.56. The summed E-state index contributed by atoms with van der Waals surface area (Å²) in [7, 11) is 0. The predicted octanol–water partition coefficient (Wildman–Crippen LogP) is 3.72. The van der Waals surface area contributed by atoms with Gasteiger partial charge in [0.15, 0.2) is 6.61 Å². The molecule has 0 bridgehead atoms. The standard InChI is InChI=1S/C25H26N2O5/c1-15-7-12-19-20(13-15)24(30)27(23(19)29)18-10-8-17(9-11-18)25(31)32-14-22(28)26-21-6-4-3-5-16(21)2/h3-6,8-11,15,19-20H,7,12-14H2,1-2H3,(H,26,28)/t15-,19-,20-/m1/s1. The van der Waals surface area contributed by atoms with E-state index in [-0.39, 0.29) is 29.2 Å². The predicted molar refractivity (Wildman–Crippen MR) is 119 cm³/mol. The smallest absolute Gasteiger partial charge is 0.338 e. The number of esters is 1. The Morgan fingerprint density at radius 3 is 2.41 bits per heavy atom. The highest BCUT2D eigenvalue weighted by Gasteiger charge is 2.49. The third-order valence-electron chi connectivity index (χ3n) is 6.30. The van der Waals surface area contributed by atoms with Gasteiger partial charge in [0.05, 0.1) is 23.1 Å². The third kappa shape index (κ3) is 4.28. The van der Waals surface area contributed by atoms with Crippen LogP contribution in [0.1, 0.15) is 42.1 Å². The van der Waals surface area contributed by atoms with Gasteiger partial charge in [0, 0.05) is 5.69 Å². The van der Waals surface area contributed by atoms with Gasteiger partial charge in [-0.15, -0.1) is 0 Å². The Labute approximate surface area is 186 Å². The molecule has 166 valence electrons. The summed E-state index contributed by atoms with van der Waals surface area (Å²) < 4.78 is 5.10. The second-order valence-corrected chi connectivity index (χ2v) is 8.63. The first-order valence-corrected chi connectivity index (χ1v) is 10.9. The van der Waals surface area contributed by atoms with Crippen molar-refractivity contribution in [3.05, 3.63) is 59.7 Å². The molecular formula is C25H26N2O5. The van der Waals surface area contributed by atoms with Gasteiger partial charge in [-0.05, 0) is 68.0 Å². The molecule has 0 unspecified atom stereocenters. The molecule has 1 aliphatic heterocycles. The molecule has 32 heavy (non-hydrogen) atoms. The first-order valence-electron chi connectivity index (χ1n) is 10.9. The summed E-state index contributed by atoms with van der Waals surface area (Å²) in [4.78, 5) is 51.3. The molecule has 1 N–H and O–H groups in total. The monoisotopic (exact) mass is 434 g/mol. The molecule has 2 fully saturated rings. The van der Waals surface area contributed by atoms with E-state index in [1.165, 1.54) is 17.0 Å². The number of carbonyl (C=O) groups excluding carboxylic acids is 4. The first-order chi connectivity index (χ1) is 15.3. The Morgan fingerprint density at radius 2 is 1.69 bits per heavy atom. The van der Waals surface area contributed by atoms with Crippen molar-refractivity contribution in [2.75, 3.05) is 16.8 Å². The maximum absolute atomic E-state index is 12.8. The number of anilines is 2. The Morgan fingerprint density at radius 1 is 1.00 bits per heavy atom. The number of imide groups is 1. The molecule has 7 nitrogen and oxygen atoms in total. The zero-order valence-corrected chi connectivity index (χ0v) is 18.2. The van der Waals surface area contributed by atoms with Crippen LogP contribution in [0.5, 0.6) is 0 Å². The lowest BCUT2D eigenvalue weighted by molar-refractivity contribution is -0.122. The van der Waals surface area contributed by atoms with Gasteiger partial charge >= 0.3 is 5.97 Å². The summed E-state index contributed by atoms with van der Waals surface area (Å²) >= 11 is 0. The maximum Gasteiger partial charge on any atom is 0.338 e. The van der Waals surface area contributed by atoms with Gasteiger partial charge in [0.25, 0.3) is 5.91 Å². The zero-order valence-electron chi connectivity index (χ0n) is 18.2. The van der Waals surface area contributed by atoms with Crippen LogP contribution in [0.4, 0.5) is 11.4 Å². The highest BCUT2D eigenvalue weighted by atomic mass is 16.5. The molecule has 0 radical (unpaired) electrons. The number of para-hydroxylation sites is 1. The maximum atomic E-state index is 12.8. The minimum Gasteiger partial charge on any atom is -0.452 e. The van der Waals surface area contributed by atoms with E-state index in [4.69, 9.17) is 4.74 Å². The van der Waals surface area contributed by atoms with Crippen LogP contribution in [0.15, 0.2) is 48.5 Å². The Kier molecular flexibility index (Phi) is 6.08. The van der Waals surface area contributed by atoms with E-state index in [0.29, 0.717) is 17.3 Å². The Hall–Kier alpha value is -3.48. The molecule has 1 saturated carbocycles. The van der Waals surface area contributed by atoms with Crippen molar-refractivity contribution in [1.82, 2.24) is 0 Å². The van der Waals surface area contributed by atoms with Crippen molar-refractivity contribution in [3.63, 3.8) is 0 Å². The van der Waals surface area contributed by atoms with E-state index >= 15 is 0 Å². The minimum absolute atomic E-state index is 0.157. The second kappa shape index (κ2) is 8.94. The fraction of sp³-hybridized carbons (Fsp3) is 0.360. The average Bonchev–Trinajstić information content (AvgIpc) is 3.03. The van der Waals surface area contributed by atoms with Crippen LogP contribution in [0, 0.1) is 24.7 Å². The van der Waals surface area contributed by atoms with E-state index < -0.39 is 18.5 Å². The normalized spacial score (nSPS) is 22.4. The first kappa shape index (κ1) is 21.7. The van der Waals surface area contributed by atoms with Crippen molar-refractivity contribution in [2.24, 2.45) is 17.8 Å². The number of carbonyl (C=O) groups is 4.